The molecule has 0 saturated heterocycles. The number of urea groups is 1. The number of nitrogens with one attached hydrogen (secondary N) is 1. The van der Waals surface area contributed by atoms with Crippen molar-refractivity contribution in [3.63, 3.8) is 0 Å². The van der Waals surface area contributed by atoms with Crippen molar-refractivity contribution in [1.29, 1.82) is 0 Å². The highest BCUT2D eigenvalue weighted by Gasteiger charge is 2.23. The van der Waals surface area contributed by atoms with Crippen LogP contribution >= 0.6 is 0 Å². The fraction of sp³-hybridized carbons (Fsp3) is 0.312. The first-order valence-electron chi connectivity index (χ1n) is 7.52. The summed E-state index contributed by atoms with van der Waals surface area (Å²) in [7, 11) is 4.64. The number of hydrogen-bond donors (Lipinski definition) is 2. The van der Waals surface area contributed by atoms with Crippen LogP contribution < -0.4 is 25.3 Å². The van der Waals surface area contributed by atoms with Crippen LogP contribution in [-0.2, 0) is 13.1 Å². The lowest BCUT2D eigenvalue weighted by Gasteiger charge is -2.14. The molecule has 9 nitrogen and oxygen atoms in total. The number of hydrogen-bond acceptors (Lipinski definition) is 7. The molecule has 0 saturated carbocycles. The van der Waals surface area contributed by atoms with Crippen molar-refractivity contribution in [2.75, 3.05) is 26.6 Å². The molecule has 0 aliphatic carbocycles. The van der Waals surface area contributed by atoms with Crippen molar-refractivity contribution in [3.8, 4) is 17.2 Å². The normalized spacial score (nSPS) is 12.5. The molecule has 1 aliphatic heterocycles. The fourth-order valence-corrected chi connectivity index (χ4v) is 2.65. The topological polar surface area (TPSA) is 112 Å². The Labute approximate surface area is 144 Å². The van der Waals surface area contributed by atoms with Gasteiger partial charge < -0.3 is 30.2 Å². The van der Waals surface area contributed by atoms with E-state index in [-0.39, 0.29) is 0 Å². The maximum atomic E-state index is 11.3. The highest BCUT2D eigenvalue weighted by molar-refractivity contribution is 5.73. The number of amides is 2. The summed E-state index contributed by atoms with van der Waals surface area (Å²) in [5.74, 6) is 1.94. The third kappa shape index (κ3) is 3.21. The molecule has 132 valence electrons. The zero-order chi connectivity index (χ0) is 18.0. The van der Waals surface area contributed by atoms with Gasteiger partial charge >= 0.3 is 6.03 Å². The highest BCUT2D eigenvalue weighted by Crippen LogP contribution is 2.40. The van der Waals surface area contributed by atoms with Crippen LogP contribution in [0.5, 0.6) is 17.2 Å². The Kier molecular flexibility index (Phi) is 4.46. The molecule has 2 amide bonds. The largest absolute Gasteiger partial charge is 0.493 e. The maximum absolute atomic E-state index is 11.3. The van der Waals surface area contributed by atoms with Crippen LogP contribution in [0.2, 0.25) is 0 Å². The van der Waals surface area contributed by atoms with Gasteiger partial charge in [-0.1, -0.05) is 0 Å². The second kappa shape index (κ2) is 6.71. The van der Waals surface area contributed by atoms with Crippen molar-refractivity contribution in [3.05, 3.63) is 29.6 Å². The van der Waals surface area contributed by atoms with E-state index in [9.17, 15) is 4.79 Å². The van der Waals surface area contributed by atoms with Gasteiger partial charge in [0.15, 0.2) is 11.5 Å². The van der Waals surface area contributed by atoms with Crippen LogP contribution in [0, 0.1) is 0 Å². The number of nitrogens with zero attached hydrogens (tertiary/aromatic N) is 3. The van der Waals surface area contributed by atoms with Gasteiger partial charge in [-0.15, -0.1) is 0 Å². The molecule has 2 heterocycles. The molecule has 1 aliphatic rings. The van der Waals surface area contributed by atoms with Gasteiger partial charge in [0, 0.05) is 29.6 Å². The number of rotatable bonds is 5. The number of fused-ring (bicyclic) bond motifs is 1. The summed E-state index contributed by atoms with van der Waals surface area (Å²) in [6.07, 6.45) is 1.69. The molecular weight excluding hydrogens is 326 g/mol. The molecule has 0 unspecified atom stereocenters. The molecule has 3 N–H and O–H groups in total. The molecule has 0 radical (unpaired) electrons. The van der Waals surface area contributed by atoms with E-state index in [2.05, 4.69) is 15.3 Å². The lowest BCUT2D eigenvalue weighted by atomic mass is 10.2. The Balaban J connectivity index is 1.87. The van der Waals surface area contributed by atoms with E-state index < -0.39 is 6.03 Å². The summed E-state index contributed by atoms with van der Waals surface area (Å²) in [6.45, 7) is 0.798. The molecule has 2 aromatic rings. The SMILES string of the molecule is COc1cc(Nc2ncc3c(n2)CN(C(N)=O)C3)cc(OC)c1OC. The summed E-state index contributed by atoms with van der Waals surface area (Å²) in [4.78, 5) is 21.5. The lowest BCUT2D eigenvalue weighted by molar-refractivity contribution is 0.208. The van der Waals surface area contributed by atoms with Gasteiger partial charge in [-0.25, -0.2) is 14.8 Å². The molecule has 0 bridgehead atoms. The number of carbonyl (C=O) groups is 1. The third-order valence-corrected chi connectivity index (χ3v) is 3.89. The molecule has 1 aromatic carbocycles. The molecule has 9 heteroatoms. The zero-order valence-corrected chi connectivity index (χ0v) is 14.2. The van der Waals surface area contributed by atoms with E-state index in [0.717, 1.165) is 11.3 Å². The lowest BCUT2D eigenvalue weighted by Crippen LogP contribution is -2.30. The Hall–Kier alpha value is -3.23. The van der Waals surface area contributed by atoms with Crippen LogP contribution in [0.15, 0.2) is 18.3 Å². The average Bonchev–Trinajstić information content (AvgIpc) is 3.04. The average molecular weight is 345 g/mol. The number of anilines is 2. The predicted octanol–water partition coefficient (Wildman–Crippen LogP) is 1.64. The first-order chi connectivity index (χ1) is 12.0. The Morgan fingerprint density at radius 1 is 1.16 bits per heavy atom. The molecule has 1 aromatic heterocycles. The van der Waals surface area contributed by atoms with Gasteiger partial charge in [0.1, 0.15) is 0 Å². The minimum absolute atomic E-state index is 0.372. The zero-order valence-electron chi connectivity index (χ0n) is 14.2. The quantitative estimate of drug-likeness (QED) is 0.847. The summed E-state index contributed by atoms with van der Waals surface area (Å²) < 4.78 is 16.0. The number of aromatic nitrogens is 2. The number of primary amides is 1. The minimum Gasteiger partial charge on any atom is -0.493 e. The van der Waals surface area contributed by atoms with Gasteiger partial charge in [0.25, 0.3) is 0 Å². The fourth-order valence-electron chi connectivity index (χ4n) is 2.65. The maximum Gasteiger partial charge on any atom is 0.315 e. The van der Waals surface area contributed by atoms with Crippen molar-refractivity contribution >= 4 is 17.7 Å². The molecule has 0 atom stereocenters. The number of nitrogens with two attached hydrogens (primary N) is 1. The van der Waals surface area contributed by atoms with Gasteiger partial charge in [-0.05, 0) is 0 Å². The van der Waals surface area contributed by atoms with Crippen LogP contribution in [0.25, 0.3) is 0 Å². The number of benzene rings is 1. The van der Waals surface area contributed by atoms with E-state index in [1.807, 2.05) is 0 Å². The first kappa shape index (κ1) is 16.6. The van der Waals surface area contributed by atoms with Gasteiger partial charge in [0.05, 0.1) is 40.1 Å². The monoisotopic (exact) mass is 345 g/mol. The van der Waals surface area contributed by atoms with E-state index in [1.54, 1.807) is 39.7 Å². The Morgan fingerprint density at radius 3 is 2.40 bits per heavy atom. The van der Waals surface area contributed by atoms with Gasteiger partial charge in [-0.3, -0.25) is 0 Å². The number of carbonyl (C=O) groups excluding carboxylic acids is 1. The Bertz CT molecular complexity index is 786. The number of methoxy groups -OCH3 is 3. The third-order valence-electron chi connectivity index (χ3n) is 3.89. The predicted molar refractivity (Wildman–Crippen MR) is 90.2 cm³/mol. The minimum atomic E-state index is -0.475. The molecule has 0 spiro atoms. The first-order valence-corrected chi connectivity index (χ1v) is 7.52. The van der Waals surface area contributed by atoms with Crippen molar-refractivity contribution in [1.82, 2.24) is 14.9 Å². The highest BCUT2D eigenvalue weighted by atomic mass is 16.5. The van der Waals surface area contributed by atoms with E-state index in [4.69, 9.17) is 19.9 Å². The molecule has 0 fully saturated rings. The van der Waals surface area contributed by atoms with Crippen molar-refractivity contribution in [2.24, 2.45) is 5.73 Å². The molecular formula is C16H19N5O4. The van der Waals surface area contributed by atoms with Crippen LogP contribution in [0.1, 0.15) is 11.3 Å². The van der Waals surface area contributed by atoms with E-state index in [1.165, 1.54) is 4.90 Å². The molecule has 3 rings (SSSR count). The van der Waals surface area contributed by atoms with Crippen LogP contribution in [0.3, 0.4) is 0 Å². The van der Waals surface area contributed by atoms with Gasteiger partial charge in [-0.2, -0.15) is 0 Å². The van der Waals surface area contributed by atoms with E-state index in [0.29, 0.717) is 42.0 Å². The van der Waals surface area contributed by atoms with Crippen molar-refractivity contribution in [2.45, 2.75) is 13.1 Å². The van der Waals surface area contributed by atoms with Gasteiger partial charge in [0.2, 0.25) is 11.7 Å². The second-order valence-electron chi connectivity index (χ2n) is 5.40. The summed E-state index contributed by atoms with van der Waals surface area (Å²) >= 11 is 0. The van der Waals surface area contributed by atoms with Crippen LogP contribution in [0.4, 0.5) is 16.4 Å². The summed E-state index contributed by atoms with van der Waals surface area (Å²) in [6, 6.07) is 3.04. The Morgan fingerprint density at radius 2 is 1.84 bits per heavy atom. The number of ether oxygens (including phenoxy) is 3. The van der Waals surface area contributed by atoms with E-state index >= 15 is 0 Å². The van der Waals surface area contributed by atoms with Crippen LogP contribution in [-0.4, -0.2) is 42.2 Å². The summed E-state index contributed by atoms with van der Waals surface area (Å²) in [5.41, 5.74) is 7.64. The molecule has 25 heavy (non-hydrogen) atoms. The second-order valence-corrected chi connectivity index (χ2v) is 5.40. The smallest absolute Gasteiger partial charge is 0.315 e. The standard InChI is InChI=1S/C16H19N5O4/c1-23-12-4-10(5-13(24-2)14(12)25-3)19-16-18-6-9-7-21(15(17)22)8-11(9)20-16/h4-6H,7-8H2,1-3H3,(H2,17,22)(H,18,19,20). The van der Waals surface area contributed by atoms with Crippen molar-refractivity contribution < 1.29 is 19.0 Å². The summed E-state index contributed by atoms with van der Waals surface area (Å²) in [5, 5.41) is 3.11.